The van der Waals surface area contributed by atoms with Gasteiger partial charge in [0.2, 0.25) is 0 Å². The maximum Gasteiger partial charge on any atom is 0.254 e. The van der Waals surface area contributed by atoms with Gasteiger partial charge in [0, 0.05) is 12.0 Å². The van der Waals surface area contributed by atoms with Crippen molar-refractivity contribution < 1.29 is 19.6 Å². The van der Waals surface area contributed by atoms with Crippen LogP contribution in [0, 0.1) is 0 Å². The lowest BCUT2D eigenvalue weighted by molar-refractivity contribution is -0.0281. The summed E-state index contributed by atoms with van der Waals surface area (Å²) in [6, 6.07) is 17.2. The van der Waals surface area contributed by atoms with Crippen molar-refractivity contribution in [2.45, 2.75) is 12.5 Å². The SMILES string of the molecule is CON=C1C[C@@H](C2=CN(CO)NO2)N(C(=O)c2ccc(-c3ccccc3)cc2)C1. The fraction of sp³-hybridized carbons (Fsp3) is 0.238. The Morgan fingerprint density at radius 2 is 1.93 bits per heavy atom. The van der Waals surface area contributed by atoms with Crippen LogP contribution in [0.2, 0.25) is 0 Å². The summed E-state index contributed by atoms with van der Waals surface area (Å²) in [4.78, 5) is 25.3. The largest absolute Gasteiger partial charge is 0.399 e. The van der Waals surface area contributed by atoms with Gasteiger partial charge in [-0.25, -0.2) is 0 Å². The molecule has 0 radical (unpaired) electrons. The minimum absolute atomic E-state index is 0.122. The first-order chi connectivity index (χ1) is 14.2. The molecule has 0 saturated carbocycles. The molecule has 1 amide bonds. The number of carbonyl (C=O) groups is 1. The zero-order valence-corrected chi connectivity index (χ0v) is 16.0. The number of aliphatic hydroxyl groups excluding tert-OH is 1. The van der Waals surface area contributed by atoms with E-state index in [1.807, 2.05) is 54.6 Å². The van der Waals surface area contributed by atoms with Crippen LogP contribution in [0.3, 0.4) is 0 Å². The van der Waals surface area contributed by atoms with Gasteiger partial charge in [-0.15, -0.1) is 0 Å². The molecule has 29 heavy (non-hydrogen) atoms. The van der Waals surface area contributed by atoms with Gasteiger partial charge in [-0.3, -0.25) is 9.80 Å². The number of hydrogen-bond acceptors (Lipinski definition) is 7. The Kier molecular flexibility index (Phi) is 5.46. The minimum atomic E-state index is -0.339. The van der Waals surface area contributed by atoms with Crippen LogP contribution < -0.4 is 5.59 Å². The average Bonchev–Trinajstić information content (AvgIpc) is 3.41. The Labute approximate surface area is 168 Å². The predicted octanol–water partition coefficient (Wildman–Crippen LogP) is 2.11. The standard InChI is InChI=1S/C21H22N4O4/c1-28-22-18-11-19(20-13-24(14-26)23-29-20)25(12-18)21(27)17-9-7-16(8-10-17)15-5-3-2-4-6-15/h2-10,13,19,23,26H,11-12,14H2,1H3/t19-/m0/s1. The van der Waals surface area contributed by atoms with Crippen LogP contribution in [-0.2, 0) is 9.68 Å². The molecule has 150 valence electrons. The Balaban J connectivity index is 1.57. The Bertz CT molecular complexity index is 927. The van der Waals surface area contributed by atoms with Crippen LogP contribution in [0.25, 0.3) is 11.1 Å². The quantitative estimate of drug-likeness (QED) is 0.756. The summed E-state index contributed by atoms with van der Waals surface area (Å²) in [5.41, 5.74) is 6.06. The van der Waals surface area contributed by atoms with Gasteiger partial charge in [0.15, 0.2) is 5.76 Å². The fourth-order valence-corrected chi connectivity index (χ4v) is 3.51. The molecular formula is C21H22N4O4. The van der Waals surface area contributed by atoms with Crippen LogP contribution >= 0.6 is 0 Å². The highest BCUT2D eigenvalue weighted by atomic mass is 16.7. The van der Waals surface area contributed by atoms with E-state index in [0.29, 0.717) is 24.3 Å². The summed E-state index contributed by atoms with van der Waals surface area (Å²) in [5.74, 6) is 0.414. The Morgan fingerprint density at radius 3 is 2.59 bits per heavy atom. The molecule has 1 fully saturated rings. The number of benzene rings is 2. The lowest BCUT2D eigenvalue weighted by Crippen LogP contribution is -2.37. The highest BCUT2D eigenvalue weighted by Crippen LogP contribution is 2.28. The molecule has 0 unspecified atom stereocenters. The summed E-state index contributed by atoms with van der Waals surface area (Å²) < 4.78 is 0. The van der Waals surface area contributed by atoms with Gasteiger partial charge in [-0.2, -0.15) is 0 Å². The molecule has 4 rings (SSSR count). The number of aliphatic hydroxyl groups is 1. The molecule has 1 atom stereocenters. The maximum atomic E-state index is 13.2. The van der Waals surface area contributed by atoms with Gasteiger partial charge in [0.05, 0.1) is 24.5 Å². The van der Waals surface area contributed by atoms with Crippen LogP contribution in [0.4, 0.5) is 0 Å². The molecule has 2 aliphatic heterocycles. The number of nitrogens with zero attached hydrogens (tertiary/aromatic N) is 3. The van der Waals surface area contributed by atoms with E-state index >= 15 is 0 Å². The van der Waals surface area contributed by atoms with Crippen LogP contribution in [-0.4, -0.2) is 53.1 Å². The Hall–Kier alpha value is -3.36. The monoisotopic (exact) mass is 394 g/mol. The van der Waals surface area contributed by atoms with E-state index < -0.39 is 0 Å². The van der Waals surface area contributed by atoms with Gasteiger partial charge in [0.1, 0.15) is 13.8 Å². The molecule has 8 heteroatoms. The van der Waals surface area contributed by atoms with Crippen molar-refractivity contribution in [3.63, 3.8) is 0 Å². The van der Waals surface area contributed by atoms with Gasteiger partial charge < -0.3 is 19.7 Å². The number of rotatable bonds is 5. The number of amides is 1. The van der Waals surface area contributed by atoms with Crippen molar-refractivity contribution in [2.24, 2.45) is 5.16 Å². The van der Waals surface area contributed by atoms with Gasteiger partial charge in [-0.1, -0.05) is 53.2 Å². The first-order valence-corrected chi connectivity index (χ1v) is 9.26. The molecule has 2 aromatic carbocycles. The van der Waals surface area contributed by atoms with E-state index in [1.165, 1.54) is 12.1 Å². The number of hydrazine groups is 1. The van der Waals surface area contributed by atoms with Crippen molar-refractivity contribution in [1.82, 2.24) is 15.5 Å². The second-order valence-corrected chi connectivity index (χ2v) is 6.77. The fourth-order valence-electron chi connectivity index (χ4n) is 3.51. The van der Waals surface area contributed by atoms with Gasteiger partial charge >= 0.3 is 0 Å². The highest BCUT2D eigenvalue weighted by molar-refractivity contribution is 6.01. The molecule has 2 aromatic rings. The van der Waals surface area contributed by atoms with E-state index in [4.69, 9.17) is 9.68 Å². The molecule has 0 aromatic heterocycles. The first kappa shape index (κ1) is 19.0. The van der Waals surface area contributed by atoms with Crippen molar-refractivity contribution in [2.75, 3.05) is 20.4 Å². The van der Waals surface area contributed by atoms with Crippen LogP contribution in [0.15, 0.2) is 71.7 Å². The molecule has 1 saturated heterocycles. The first-order valence-electron chi connectivity index (χ1n) is 9.26. The summed E-state index contributed by atoms with van der Waals surface area (Å²) in [6.07, 6.45) is 2.13. The molecular weight excluding hydrogens is 372 g/mol. The third-order valence-electron chi connectivity index (χ3n) is 4.92. The highest BCUT2D eigenvalue weighted by Gasteiger charge is 2.39. The topological polar surface area (TPSA) is 86.6 Å². The number of nitrogens with one attached hydrogen (secondary N) is 1. The molecule has 2 N–H and O–H groups in total. The van der Waals surface area contributed by atoms with Crippen molar-refractivity contribution in [1.29, 1.82) is 0 Å². The third kappa shape index (κ3) is 3.94. The van der Waals surface area contributed by atoms with E-state index in [1.54, 1.807) is 11.1 Å². The number of likely N-dealkylation sites (tertiary alicyclic amines) is 1. The summed E-state index contributed by atoms with van der Waals surface area (Å²) >= 11 is 0. The second-order valence-electron chi connectivity index (χ2n) is 6.77. The molecule has 2 aliphatic rings. The predicted molar refractivity (Wildman–Crippen MR) is 107 cm³/mol. The molecule has 2 heterocycles. The second kappa shape index (κ2) is 8.34. The van der Waals surface area contributed by atoms with Gasteiger partial charge in [-0.05, 0) is 23.3 Å². The zero-order chi connectivity index (χ0) is 20.2. The zero-order valence-electron chi connectivity index (χ0n) is 16.0. The van der Waals surface area contributed by atoms with Gasteiger partial charge in [0.25, 0.3) is 5.91 Å². The van der Waals surface area contributed by atoms with E-state index in [2.05, 4.69) is 10.7 Å². The van der Waals surface area contributed by atoms with Crippen molar-refractivity contribution >= 4 is 11.6 Å². The molecule has 8 nitrogen and oxygen atoms in total. The maximum absolute atomic E-state index is 13.2. The minimum Gasteiger partial charge on any atom is -0.399 e. The number of oxime groups is 1. The smallest absolute Gasteiger partial charge is 0.254 e. The Morgan fingerprint density at radius 1 is 1.21 bits per heavy atom. The van der Waals surface area contributed by atoms with Crippen LogP contribution in [0.5, 0.6) is 0 Å². The van der Waals surface area contributed by atoms with E-state index in [0.717, 1.165) is 16.8 Å². The van der Waals surface area contributed by atoms with Crippen molar-refractivity contribution in [3.8, 4) is 11.1 Å². The normalized spacial score (nSPS) is 20.0. The molecule has 0 spiro atoms. The number of hydrogen-bond donors (Lipinski definition) is 2. The summed E-state index contributed by atoms with van der Waals surface area (Å²) in [7, 11) is 1.48. The van der Waals surface area contributed by atoms with E-state index in [-0.39, 0.29) is 18.7 Å². The summed E-state index contributed by atoms with van der Waals surface area (Å²) in [5, 5.41) is 14.7. The number of carbonyl (C=O) groups excluding carboxylic acids is 1. The third-order valence-corrected chi connectivity index (χ3v) is 4.92. The van der Waals surface area contributed by atoms with Crippen molar-refractivity contribution in [3.05, 3.63) is 72.1 Å². The summed E-state index contributed by atoms with van der Waals surface area (Å²) in [6.45, 7) is 0.0989. The van der Waals surface area contributed by atoms with E-state index in [9.17, 15) is 9.90 Å². The van der Waals surface area contributed by atoms with Crippen LogP contribution in [0.1, 0.15) is 16.8 Å². The molecule has 0 aliphatic carbocycles. The average molecular weight is 394 g/mol. The lowest BCUT2D eigenvalue weighted by atomic mass is 10.0. The molecule has 0 bridgehead atoms. The lowest BCUT2D eigenvalue weighted by Gasteiger charge is -2.23.